The smallest absolute Gasteiger partial charge is 0.263 e. The number of hydrogen-bond donors (Lipinski definition) is 2. The van der Waals surface area contributed by atoms with Gasteiger partial charge in [0.15, 0.2) is 0 Å². The van der Waals surface area contributed by atoms with E-state index in [1.807, 2.05) is 6.92 Å². The molecule has 0 aliphatic heterocycles. The van der Waals surface area contributed by atoms with Crippen molar-refractivity contribution in [3.05, 3.63) is 36.7 Å². The van der Waals surface area contributed by atoms with Gasteiger partial charge < -0.3 is 10.1 Å². The van der Waals surface area contributed by atoms with Crippen LogP contribution >= 0.6 is 0 Å². The van der Waals surface area contributed by atoms with E-state index in [9.17, 15) is 13.2 Å². The molecule has 1 aromatic heterocycles. The molecule has 1 heterocycles. The fourth-order valence-corrected chi connectivity index (χ4v) is 2.98. The van der Waals surface area contributed by atoms with Crippen LogP contribution in [-0.4, -0.2) is 31.4 Å². The lowest BCUT2D eigenvalue weighted by atomic mass is 10.2. The number of nitrogens with zero attached hydrogens (tertiary/aromatic N) is 2. The maximum absolute atomic E-state index is 12.4. The molecule has 25 heavy (non-hydrogen) atoms. The Kier molecular flexibility index (Phi) is 6.29. The first kappa shape index (κ1) is 18.7. The Labute approximate surface area is 146 Å². The van der Waals surface area contributed by atoms with Crippen molar-refractivity contribution in [1.82, 2.24) is 9.97 Å². The maximum atomic E-state index is 12.4. The summed E-state index contributed by atoms with van der Waals surface area (Å²) in [6.07, 6.45) is 3.38. The number of ether oxygens (including phenoxy) is 1. The van der Waals surface area contributed by atoms with E-state index in [0.29, 0.717) is 12.1 Å². The van der Waals surface area contributed by atoms with E-state index in [1.165, 1.54) is 31.6 Å². The molecule has 0 aliphatic rings. The van der Waals surface area contributed by atoms with Crippen molar-refractivity contribution in [2.24, 2.45) is 0 Å². The summed E-state index contributed by atoms with van der Waals surface area (Å²) in [5, 5.41) is 2.73. The highest BCUT2D eigenvalue weighted by atomic mass is 32.2. The van der Waals surface area contributed by atoms with Crippen LogP contribution in [0.5, 0.6) is 5.88 Å². The summed E-state index contributed by atoms with van der Waals surface area (Å²) in [7, 11) is -2.38. The molecule has 2 rings (SSSR count). The topological polar surface area (TPSA) is 110 Å². The standard InChI is InChI=1S/C16H20N4O4S/c1-3-4-5-15(21)19-12-6-8-13(9-7-12)25(22,23)20-14-10-16(24-2)18-11-17-14/h6-11H,3-5H2,1-2H3,(H,19,21)(H,17,18,20). The number of aromatic nitrogens is 2. The molecule has 0 bridgehead atoms. The van der Waals surface area contributed by atoms with Gasteiger partial charge >= 0.3 is 0 Å². The zero-order chi connectivity index (χ0) is 18.3. The monoisotopic (exact) mass is 364 g/mol. The first-order valence-electron chi connectivity index (χ1n) is 7.73. The van der Waals surface area contributed by atoms with Crippen molar-refractivity contribution in [3.63, 3.8) is 0 Å². The average Bonchev–Trinajstić information content (AvgIpc) is 2.60. The van der Waals surface area contributed by atoms with Crippen LogP contribution in [0.3, 0.4) is 0 Å². The number of benzene rings is 1. The summed E-state index contributed by atoms with van der Waals surface area (Å²) < 4.78 is 32.0. The van der Waals surface area contributed by atoms with Gasteiger partial charge in [-0.05, 0) is 30.7 Å². The Morgan fingerprint density at radius 3 is 2.56 bits per heavy atom. The van der Waals surface area contributed by atoms with Crippen LogP contribution in [0.25, 0.3) is 0 Å². The average molecular weight is 364 g/mol. The third-order valence-electron chi connectivity index (χ3n) is 3.30. The summed E-state index contributed by atoms with van der Waals surface area (Å²) in [5.41, 5.74) is 0.545. The van der Waals surface area contributed by atoms with Gasteiger partial charge in [-0.1, -0.05) is 13.3 Å². The number of rotatable bonds is 8. The molecule has 1 amide bonds. The minimum atomic E-state index is -3.81. The van der Waals surface area contributed by atoms with Crippen LogP contribution < -0.4 is 14.8 Å². The molecule has 0 atom stereocenters. The zero-order valence-corrected chi connectivity index (χ0v) is 14.8. The number of carbonyl (C=O) groups excluding carboxylic acids is 1. The Morgan fingerprint density at radius 1 is 1.20 bits per heavy atom. The van der Waals surface area contributed by atoms with Crippen LogP contribution in [0.1, 0.15) is 26.2 Å². The predicted molar refractivity (Wildman–Crippen MR) is 94.0 cm³/mol. The lowest BCUT2D eigenvalue weighted by Gasteiger charge is -2.09. The van der Waals surface area contributed by atoms with Crippen LogP contribution in [-0.2, 0) is 14.8 Å². The number of unbranched alkanes of at least 4 members (excludes halogenated alkanes) is 1. The van der Waals surface area contributed by atoms with E-state index in [1.54, 1.807) is 12.1 Å². The molecule has 134 valence electrons. The molecule has 0 saturated heterocycles. The molecule has 0 fully saturated rings. The Bertz CT molecular complexity index is 822. The van der Waals surface area contributed by atoms with Gasteiger partial charge in [-0.15, -0.1) is 0 Å². The molecule has 0 unspecified atom stereocenters. The number of anilines is 2. The minimum Gasteiger partial charge on any atom is -0.481 e. The molecule has 9 heteroatoms. The third kappa shape index (κ3) is 5.42. The van der Waals surface area contributed by atoms with Gasteiger partial charge in [0, 0.05) is 18.2 Å². The number of methoxy groups -OCH3 is 1. The van der Waals surface area contributed by atoms with E-state index in [-0.39, 0.29) is 22.5 Å². The fraction of sp³-hybridized carbons (Fsp3) is 0.312. The van der Waals surface area contributed by atoms with Crippen molar-refractivity contribution in [1.29, 1.82) is 0 Å². The van der Waals surface area contributed by atoms with Crippen molar-refractivity contribution in [2.75, 3.05) is 17.1 Å². The second-order valence-electron chi connectivity index (χ2n) is 5.23. The molecular weight excluding hydrogens is 344 g/mol. The zero-order valence-electron chi connectivity index (χ0n) is 14.0. The maximum Gasteiger partial charge on any atom is 0.263 e. The Morgan fingerprint density at radius 2 is 1.92 bits per heavy atom. The van der Waals surface area contributed by atoms with Gasteiger partial charge in [0.2, 0.25) is 11.8 Å². The van der Waals surface area contributed by atoms with Crippen LogP contribution in [0, 0.1) is 0 Å². The number of carbonyl (C=O) groups is 1. The fourth-order valence-electron chi connectivity index (χ4n) is 1.98. The van der Waals surface area contributed by atoms with E-state index in [0.717, 1.165) is 12.8 Å². The van der Waals surface area contributed by atoms with Gasteiger partial charge in [0.05, 0.1) is 12.0 Å². The van der Waals surface area contributed by atoms with Crippen LogP contribution in [0.4, 0.5) is 11.5 Å². The molecular formula is C16H20N4O4S. The number of amides is 1. The quantitative estimate of drug-likeness (QED) is 0.744. The first-order valence-corrected chi connectivity index (χ1v) is 9.21. The molecule has 0 spiro atoms. The Hall–Kier alpha value is -2.68. The number of nitrogens with one attached hydrogen (secondary N) is 2. The summed E-state index contributed by atoms with van der Waals surface area (Å²) in [5.74, 6) is 0.255. The highest BCUT2D eigenvalue weighted by Gasteiger charge is 2.15. The first-order chi connectivity index (χ1) is 11.9. The summed E-state index contributed by atoms with van der Waals surface area (Å²) in [4.78, 5) is 19.4. The second-order valence-corrected chi connectivity index (χ2v) is 6.91. The summed E-state index contributed by atoms with van der Waals surface area (Å²) >= 11 is 0. The second kappa shape index (κ2) is 8.43. The molecule has 0 aliphatic carbocycles. The van der Waals surface area contributed by atoms with Gasteiger partial charge in [-0.25, -0.2) is 18.4 Å². The van der Waals surface area contributed by atoms with E-state index >= 15 is 0 Å². The van der Waals surface area contributed by atoms with Crippen molar-refractivity contribution < 1.29 is 17.9 Å². The van der Waals surface area contributed by atoms with E-state index in [4.69, 9.17) is 4.74 Å². The third-order valence-corrected chi connectivity index (χ3v) is 4.67. The van der Waals surface area contributed by atoms with Gasteiger partial charge in [-0.2, -0.15) is 0 Å². The lowest BCUT2D eigenvalue weighted by Crippen LogP contribution is -2.15. The van der Waals surface area contributed by atoms with Crippen molar-refractivity contribution in [3.8, 4) is 5.88 Å². The normalized spacial score (nSPS) is 11.0. The highest BCUT2D eigenvalue weighted by Crippen LogP contribution is 2.19. The molecule has 0 radical (unpaired) electrons. The number of hydrogen-bond acceptors (Lipinski definition) is 6. The van der Waals surface area contributed by atoms with Gasteiger partial charge in [0.25, 0.3) is 10.0 Å². The van der Waals surface area contributed by atoms with E-state index in [2.05, 4.69) is 20.0 Å². The minimum absolute atomic E-state index is 0.0524. The largest absolute Gasteiger partial charge is 0.481 e. The summed E-state index contributed by atoms with van der Waals surface area (Å²) in [6.45, 7) is 2.01. The van der Waals surface area contributed by atoms with Crippen molar-refractivity contribution >= 4 is 27.4 Å². The lowest BCUT2D eigenvalue weighted by molar-refractivity contribution is -0.116. The molecule has 2 N–H and O–H groups in total. The molecule has 8 nitrogen and oxygen atoms in total. The van der Waals surface area contributed by atoms with Crippen LogP contribution in [0.2, 0.25) is 0 Å². The number of sulfonamides is 1. The van der Waals surface area contributed by atoms with Gasteiger partial charge in [0.1, 0.15) is 12.1 Å². The summed E-state index contributed by atoms with van der Waals surface area (Å²) in [6, 6.07) is 7.28. The molecule has 1 aromatic carbocycles. The SMILES string of the molecule is CCCCC(=O)Nc1ccc(S(=O)(=O)Nc2cc(OC)ncn2)cc1. The predicted octanol–water partition coefficient (Wildman–Crippen LogP) is 2.41. The van der Waals surface area contributed by atoms with E-state index < -0.39 is 10.0 Å². The molecule has 2 aromatic rings. The van der Waals surface area contributed by atoms with Crippen LogP contribution in [0.15, 0.2) is 41.6 Å². The van der Waals surface area contributed by atoms with Gasteiger partial charge in [-0.3, -0.25) is 9.52 Å². The van der Waals surface area contributed by atoms with Crippen molar-refractivity contribution in [2.45, 2.75) is 31.1 Å². The highest BCUT2D eigenvalue weighted by molar-refractivity contribution is 7.92. The molecule has 0 saturated carbocycles. The Balaban J connectivity index is 2.08.